The van der Waals surface area contributed by atoms with E-state index in [0.717, 1.165) is 38.5 Å². The molecule has 0 aromatic carbocycles. The predicted molar refractivity (Wildman–Crippen MR) is 144 cm³/mol. The Morgan fingerprint density at radius 3 is 2.42 bits per heavy atom. The number of fused-ring (bicyclic) bond motifs is 5. The lowest BCUT2D eigenvalue weighted by Gasteiger charge is -2.68. The van der Waals surface area contributed by atoms with E-state index in [2.05, 4.69) is 67.5 Å². The molecule has 2 N–H and O–H groups in total. The number of hydrogen-bond acceptors (Lipinski definition) is 4. The summed E-state index contributed by atoms with van der Waals surface area (Å²) in [6.07, 6.45) is 11.3. The molecule has 4 aliphatic carbocycles. The van der Waals surface area contributed by atoms with Gasteiger partial charge in [-0.1, -0.05) is 57.9 Å². The van der Waals surface area contributed by atoms with Gasteiger partial charge in [0.05, 0.1) is 18.3 Å². The largest absolute Gasteiger partial charge is 0.393 e. The first-order valence-corrected chi connectivity index (χ1v) is 14.8. The highest BCUT2D eigenvalue weighted by atomic mass is 16.7. The molecule has 204 valence electrons. The quantitative estimate of drug-likeness (QED) is 0.424. The van der Waals surface area contributed by atoms with E-state index in [1.807, 2.05) is 0 Å². The van der Waals surface area contributed by atoms with E-state index >= 15 is 0 Å². The molecular formula is C32H52O4. The minimum atomic E-state index is -0.365. The van der Waals surface area contributed by atoms with Gasteiger partial charge in [-0.3, -0.25) is 0 Å². The van der Waals surface area contributed by atoms with Gasteiger partial charge in [0.2, 0.25) is 0 Å². The molecule has 4 nitrogen and oxygen atoms in total. The number of aliphatic hydroxyl groups is 2. The first-order valence-electron chi connectivity index (χ1n) is 14.8. The van der Waals surface area contributed by atoms with E-state index in [4.69, 9.17) is 9.47 Å². The van der Waals surface area contributed by atoms with Crippen LogP contribution >= 0.6 is 0 Å². The minimum absolute atomic E-state index is 0.0718. The van der Waals surface area contributed by atoms with Crippen LogP contribution in [0.3, 0.4) is 0 Å². The van der Waals surface area contributed by atoms with Crippen molar-refractivity contribution in [1.29, 1.82) is 0 Å². The van der Waals surface area contributed by atoms with Crippen LogP contribution in [-0.2, 0) is 9.47 Å². The molecule has 5 aliphatic rings. The standard InChI is InChI=1S/C32H52O4/c1-9-35-28-21(17-20(36-28)16-19(2)3)22-10-11-23-30(22,6)14-12-24-31(7)15-13-26(33)29(4,5)25(31)18-27(34)32(23,24)8/h11,16,20-22,24-28,33-34H,9-10,12-15,17-18H2,1-8H3/t20-,21-,22-,24+,25-,26+,27+,28+,30-,31+,32-/m0/s1. The molecule has 0 aromatic rings. The predicted octanol–water partition coefficient (Wildman–Crippen LogP) is 6.66. The zero-order valence-corrected chi connectivity index (χ0v) is 24.1. The monoisotopic (exact) mass is 500 g/mol. The fourth-order valence-corrected chi connectivity index (χ4v) is 10.5. The summed E-state index contributed by atoms with van der Waals surface area (Å²) in [5.41, 5.74) is 2.68. The number of rotatable bonds is 4. The fourth-order valence-electron chi connectivity index (χ4n) is 10.5. The van der Waals surface area contributed by atoms with Crippen LogP contribution in [0.2, 0.25) is 0 Å². The van der Waals surface area contributed by atoms with Crippen LogP contribution in [0.4, 0.5) is 0 Å². The number of hydrogen-bond donors (Lipinski definition) is 2. The van der Waals surface area contributed by atoms with E-state index < -0.39 is 0 Å². The van der Waals surface area contributed by atoms with Gasteiger partial charge in [0.1, 0.15) is 0 Å². The summed E-state index contributed by atoms with van der Waals surface area (Å²) in [5.74, 6) is 1.65. The van der Waals surface area contributed by atoms with Crippen molar-refractivity contribution in [2.45, 2.75) is 125 Å². The zero-order valence-electron chi connectivity index (χ0n) is 24.1. The van der Waals surface area contributed by atoms with Crippen LogP contribution in [-0.4, -0.2) is 41.4 Å². The van der Waals surface area contributed by atoms with Crippen molar-refractivity contribution in [1.82, 2.24) is 0 Å². The summed E-state index contributed by atoms with van der Waals surface area (Å²) in [4.78, 5) is 0. The van der Waals surface area contributed by atoms with Gasteiger partial charge >= 0.3 is 0 Å². The fraction of sp³-hybridized carbons (Fsp3) is 0.875. The highest BCUT2D eigenvalue weighted by Gasteiger charge is 2.68. The molecule has 36 heavy (non-hydrogen) atoms. The van der Waals surface area contributed by atoms with Crippen LogP contribution < -0.4 is 0 Å². The third-order valence-electron chi connectivity index (χ3n) is 12.3. The molecule has 11 atom stereocenters. The summed E-state index contributed by atoms with van der Waals surface area (Å²) in [6, 6.07) is 0. The molecule has 0 radical (unpaired) electrons. The first kappa shape index (κ1) is 26.9. The minimum Gasteiger partial charge on any atom is -0.393 e. The molecule has 1 heterocycles. The van der Waals surface area contributed by atoms with Gasteiger partial charge in [0, 0.05) is 17.9 Å². The average Bonchev–Trinajstić information content (AvgIpc) is 3.34. The number of allylic oxidation sites excluding steroid dienone is 2. The summed E-state index contributed by atoms with van der Waals surface area (Å²) in [5, 5.41) is 22.9. The van der Waals surface area contributed by atoms with E-state index in [0.29, 0.717) is 30.3 Å². The van der Waals surface area contributed by atoms with Crippen molar-refractivity contribution in [2.75, 3.05) is 6.61 Å². The van der Waals surface area contributed by atoms with Gasteiger partial charge in [-0.05, 0) is 99.7 Å². The summed E-state index contributed by atoms with van der Waals surface area (Å²) in [7, 11) is 0. The van der Waals surface area contributed by atoms with E-state index in [-0.39, 0.29) is 46.3 Å². The Kier molecular flexibility index (Phi) is 6.67. The smallest absolute Gasteiger partial charge is 0.161 e. The molecular weight excluding hydrogens is 448 g/mol. The Labute approximate surface area is 219 Å². The van der Waals surface area contributed by atoms with Gasteiger partial charge in [0.15, 0.2) is 6.29 Å². The molecule has 0 spiro atoms. The molecule has 1 saturated heterocycles. The van der Waals surface area contributed by atoms with Gasteiger partial charge in [-0.25, -0.2) is 0 Å². The second-order valence-corrected chi connectivity index (χ2v) is 14.6. The Balaban J connectivity index is 1.47. The van der Waals surface area contributed by atoms with Gasteiger partial charge in [-0.15, -0.1) is 0 Å². The second-order valence-electron chi connectivity index (χ2n) is 14.6. The molecule has 0 bridgehead atoms. The van der Waals surface area contributed by atoms with Crippen molar-refractivity contribution >= 4 is 0 Å². The maximum atomic E-state index is 11.9. The van der Waals surface area contributed by atoms with Crippen molar-refractivity contribution in [3.05, 3.63) is 23.3 Å². The lowest BCUT2D eigenvalue weighted by molar-refractivity contribution is -0.214. The van der Waals surface area contributed by atoms with Crippen LogP contribution in [0.5, 0.6) is 0 Å². The Hall–Kier alpha value is -0.680. The maximum Gasteiger partial charge on any atom is 0.161 e. The normalized spacial score (nSPS) is 51.7. The van der Waals surface area contributed by atoms with E-state index in [1.165, 1.54) is 17.6 Å². The van der Waals surface area contributed by atoms with Crippen molar-refractivity contribution in [3.63, 3.8) is 0 Å². The van der Waals surface area contributed by atoms with Crippen LogP contribution in [0.1, 0.15) is 100 Å². The molecule has 4 heteroatoms. The maximum absolute atomic E-state index is 11.9. The summed E-state index contributed by atoms with van der Waals surface area (Å²) in [6.45, 7) is 18.9. The lowest BCUT2D eigenvalue weighted by Crippen LogP contribution is -2.65. The van der Waals surface area contributed by atoms with E-state index in [9.17, 15) is 10.2 Å². The molecule has 3 saturated carbocycles. The Morgan fingerprint density at radius 1 is 1.03 bits per heavy atom. The summed E-state index contributed by atoms with van der Waals surface area (Å²) >= 11 is 0. The molecule has 0 aromatic heterocycles. The van der Waals surface area contributed by atoms with Gasteiger partial charge < -0.3 is 19.7 Å². The highest BCUT2D eigenvalue weighted by Crippen LogP contribution is 2.73. The third-order valence-corrected chi connectivity index (χ3v) is 12.3. The van der Waals surface area contributed by atoms with Crippen molar-refractivity contribution in [3.8, 4) is 0 Å². The number of aliphatic hydroxyl groups excluding tert-OH is 2. The van der Waals surface area contributed by atoms with Crippen molar-refractivity contribution < 1.29 is 19.7 Å². The molecule has 0 unspecified atom stereocenters. The van der Waals surface area contributed by atoms with Gasteiger partial charge in [-0.2, -0.15) is 0 Å². The first-order chi connectivity index (χ1) is 16.8. The topological polar surface area (TPSA) is 58.9 Å². The van der Waals surface area contributed by atoms with E-state index in [1.54, 1.807) is 0 Å². The average molecular weight is 501 g/mol. The molecule has 1 aliphatic heterocycles. The van der Waals surface area contributed by atoms with Gasteiger partial charge in [0.25, 0.3) is 0 Å². The van der Waals surface area contributed by atoms with Crippen LogP contribution in [0.25, 0.3) is 0 Å². The zero-order chi connectivity index (χ0) is 26.3. The van der Waals surface area contributed by atoms with Crippen molar-refractivity contribution in [2.24, 2.45) is 45.3 Å². The molecule has 4 fully saturated rings. The third kappa shape index (κ3) is 3.67. The SMILES string of the molecule is CCO[C@@H]1O[C@@H](C=C(C)C)C[C@H]1[C@@H]1CC=C2[C@]3(C)[C@H](O)C[C@H]4C(C)(C)[C@H](O)CC[C@]4(C)[C@H]3CC[C@]21C. The number of ether oxygens (including phenoxy) is 2. The Bertz CT molecular complexity index is 917. The Morgan fingerprint density at radius 2 is 1.75 bits per heavy atom. The lowest BCUT2D eigenvalue weighted by atomic mass is 9.37. The van der Waals surface area contributed by atoms with Crippen LogP contribution in [0.15, 0.2) is 23.3 Å². The second kappa shape index (κ2) is 8.93. The molecule has 5 rings (SSSR count). The summed E-state index contributed by atoms with van der Waals surface area (Å²) < 4.78 is 12.6. The highest BCUT2D eigenvalue weighted by molar-refractivity contribution is 5.36. The van der Waals surface area contributed by atoms with Crippen LogP contribution in [0, 0.1) is 45.3 Å². The molecule has 0 amide bonds.